The van der Waals surface area contributed by atoms with Crippen molar-refractivity contribution in [1.82, 2.24) is 10.6 Å². The van der Waals surface area contributed by atoms with Crippen molar-refractivity contribution in [1.29, 1.82) is 0 Å². The van der Waals surface area contributed by atoms with Crippen LogP contribution in [0.2, 0.25) is 0 Å². The lowest BCUT2D eigenvalue weighted by Gasteiger charge is -2.29. The summed E-state index contributed by atoms with van der Waals surface area (Å²) in [4.78, 5) is 37.6. The van der Waals surface area contributed by atoms with E-state index in [1.54, 1.807) is 48.5 Å². The van der Waals surface area contributed by atoms with Crippen LogP contribution in [0.5, 0.6) is 0 Å². The molecule has 3 aromatic carbocycles. The number of hydrogen-bond donors (Lipinski definition) is 4. The van der Waals surface area contributed by atoms with Crippen molar-refractivity contribution in [2.24, 2.45) is 11.7 Å². The molecule has 0 aromatic heterocycles. The van der Waals surface area contributed by atoms with Crippen molar-refractivity contribution in [2.45, 2.75) is 23.8 Å². The van der Waals surface area contributed by atoms with E-state index in [2.05, 4.69) is 15.4 Å². The number of rotatable bonds is 9. The molecular weight excluding hydrogens is 528 g/mol. The van der Waals surface area contributed by atoms with Crippen molar-refractivity contribution in [3.05, 3.63) is 95.6 Å². The number of benzene rings is 3. The lowest BCUT2D eigenvalue weighted by Crippen LogP contribution is -2.51. The van der Waals surface area contributed by atoms with E-state index in [-0.39, 0.29) is 45.8 Å². The van der Waals surface area contributed by atoms with Crippen molar-refractivity contribution in [2.75, 3.05) is 17.8 Å². The van der Waals surface area contributed by atoms with Crippen LogP contribution in [0.25, 0.3) is 0 Å². The summed E-state index contributed by atoms with van der Waals surface area (Å²) in [6.07, 6.45) is 1.43. The number of nitrogens with two attached hydrogens (primary N) is 1. The number of amides is 2. The third-order valence-electron chi connectivity index (χ3n) is 6.33. The van der Waals surface area contributed by atoms with Gasteiger partial charge in [-0.2, -0.15) is 0 Å². The average Bonchev–Trinajstić information content (AvgIpc) is 2.92. The SMILES string of the molecule is Cl.NC(=O)C(NC(=O)c1ccc(S(=O)(=O)Nc2ccccc2C(=O)c2ccccc2)cc1)C1CCNCC1. The predicted molar refractivity (Wildman–Crippen MR) is 147 cm³/mol. The lowest BCUT2D eigenvalue weighted by molar-refractivity contribution is -0.121. The van der Waals surface area contributed by atoms with Gasteiger partial charge in [-0.1, -0.05) is 42.5 Å². The fraction of sp³-hybridized carbons (Fsp3) is 0.222. The first-order valence-electron chi connectivity index (χ1n) is 11.9. The number of halogens is 1. The summed E-state index contributed by atoms with van der Waals surface area (Å²) in [6.45, 7) is 1.48. The first-order chi connectivity index (χ1) is 17.8. The Labute approximate surface area is 227 Å². The molecule has 0 radical (unpaired) electrons. The molecule has 5 N–H and O–H groups in total. The zero-order valence-corrected chi connectivity index (χ0v) is 22.1. The number of para-hydroxylation sites is 1. The zero-order chi connectivity index (χ0) is 26.4. The fourth-order valence-corrected chi connectivity index (χ4v) is 5.41. The smallest absolute Gasteiger partial charge is 0.261 e. The molecule has 0 bridgehead atoms. The average molecular weight is 557 g/mol. The summed E-state index contributed by atoms with van der Waals surface area (Å²) in [5, 5.41) is 5.89. The summed E-state index contributed by atoms with van der Waals surface area (Å²) >= 11 is 0. The van der Waals surface area contributed by atoms with E-state index in [1.165, 1.54) is 30.3 Å². The summed E-state index contributed by atoms with van der Waals surface area (Å²) in [7, 11) is -4.06. The largest absolute Gasteiger partial charge is 0.368 e. The molecule has 1 heterocycles. The Morgan fingerprint density at radius 1 is 0.842 bits per heavy atom. The standard InChI is InChI=1S/C27H28N4O5S.ClH/c28-26(33)24(18-14-16-29-17-15-18)30-27(34)20-10-12-21(13-11-20)37(35,36)31-23-9-5-4-8-22(23)25(32)19-6-2-1-3-7-19;/h1-13,18,24,29,31H,14-17H2,(H2,28,33)(H,30,34);1H. The quantitative estimate of drug-likeness (QED) is 0.298. The van der Waals surface area contributed by atoms with Crippen LogP contribution in [0.3, 0.4) is 0 Å². The Morgan fingerprint density at radius 2 is 1.45 bits per heavy atom. The number of primary amides is 1. The molecule has 9 nitrogen and oxygen atoms in total. The molecule has 1 aliphatic rings. The molecule has 1 aliphatic heterocycles. The van der Waals surface area contributed by atoms with Crippen LogP contribution < -0.4 is 21.1 Å². The van der Waals surface area contributed by atoms with Crippen LogP contribution in [-0.4, -0.2) is 45.1 Å². The second-order valence-electron chi connectivity index (χ2n) is 8.81. The number of piperidine rings is 1. The van der Waals surface area contributed by atoms with Gasteiger partial charge in [0.2, 0.25) is 5.91 Å². The lowest BCUT2D eigenvalue weighted by atomic mass is 9.89. The first-order valence-corrected chi connectivity index (χ1v) is 13.4. The molecule has 11 heteroatoms. The van der Waals surface area contributed by atoms with Crippen LogP contribution in [0.4, 0.5) is 5.69 Å². The molecule has 2 amide bonds. The maximum Gasteiger partial charge on any atom is 0.261 e. The minimum absolute atomic E-state index is 0. The van der Waals surface area contributed by atoms with Gasteiger partial charge < -0.3 is 16.4 Å². The van der Waals surface area contributed by atoms with E-state index < -0.39 is 27.9 Å². The molecule has 38 heavy (non-hydrogen) atoms. The van der Waals surface area contributed by atoms with Gasteiger partial charge in [-0.25, -0.2) is 8.42 Å². The zero-order valence-electron chi connectivity index (χ0n) is 20.4. The molecule has 4 rings (SSSR count). The molecular formula is C27H29ClN4O5S. The summed E-state index contributed by atoms with van der Waals surface area (Å²) in [6, 6.07) is 19.4. The van der Waals surface area contributed by atoms with E-state index in [0.29, 0.717) is 18.4 Å². The van der Waals surface area contributed by atoms with Gasteiger partial charge in [0.25, 0.3) is 15.9 Å². The van der Waals surface area contributed by atoms with Crippen LogP contribution in [0.15, 0.2) is 83.8 Å². The third-order valence-corrected chi connectivity index (χ3v) is 7.71. The van der Waals surface area contributed by atoms with E-state index in [1.807, 2.05) is 0 Å². The normalized spacial score (nSPS) is 14.5. The number of anilines is 1. The van der Waals surface area contributed by atoms with Gasteiger partial charge in [0, 0.05) is 16.7 Å². The van der Waals surface area contributed by atoms with Gasteiger partial charge in [-0.05, 0) is 68.2 Å². The number of ketones is 1. The second kappa shape index (κ2) is 12.7. The van der Waals surface area contributed by atoms with Gasteiger partial charge in [0.15, 0.2) is 5.78 Å². The van der Waals surface area contributed by atoms with Crippen LogP contribution in [-0.2, 0) is 14.8 Å². The highest BCUT2D eigenvalue weighted by molar-refractivity contribution is 7.92. The molecule has 3 aromatic rings. The van der Waals surface area contributed by atoms with E-state index >= 15 is 0 Å². The monoisotopic (exact) mass is 556 g/mol. The number of sulfonamides is 1. The summed E-state index contributed by atoms with van der Waals surface area (Å²) in [5.74, 6) is -1.50. The van der Waals surface area contributed by atoms with Gasteiger partial charge >= 0.3 is 0 Å². The van der Waals surface area contributed by atoms with Crippen LogP contribution in [0, 0.1) is 5.92 Å². The maximum atomic E-state index is 13.1. The minimum Gasteiger partial charge on any atom is -0.368 e. The molecule has 1 saturated heterocycles. The third kappa shape index (κ3) is 6.77. The van der Waals surface area contributed by atoms with Crippen LogP contribution in [0.1, 0.15) is 39.1 Å². The highest BCUT2D eigenvalue weighted by Gasteiger charge is 2.29. The Hall–Kier alpha value is -3.73. The molecule has 1 unspecified atom stereocenters. The topological polar surface area (TPSA) is 147 Å². The van der Waals surface area contributed by atoms with Gasteiger partial charge in [0.05, 0.1) is 10.6 Å². The second-order valence-corrected chi connectivity index (χ2v) is 10.5. The van der Waals surface area contributed by atoms with Crippen molar-refractivity contribution in [3.63, 3.8) is 0 Å². The Morgan fingerprint density at radius 3 is 2.08 bits per heavy atom. The number of nitrogens with one attached hydrogen (secondary N) is 3. The maximum absolute atomic E-state index is 13.1. The highest BCUT2D eigenvalue weighted by Crippen LogP contribution is 2.23. The van der Waals surface area contributed by atoms with Gasteiger partial charge in [0.1, 0.15) is 6.04 Å². The molecule has 1 fully saturated rings. The molecule has 1 atom stereocenters. The first kappa shape index (κ1) is 28.8. The van der Waals surface area contributed by atoms with Gasteiger partial charge in [-0.3, -0.25) is 19.1 Å². The Balaban J connectivity index is 0.00000400. The molecule has 0 saturated carbocycles. The van der Waals surface area contributed by atoms with Crippen LogP contribution >= 0.6 is 12.4 Å². The van der Waals surface area contributed by atoms with E-state index in [9.17, 15) is 22.8 Å². The highest BCUT2D eigenvalue weighted by atomic mass is 35.5. The predicted octanol–water partition coefficient (Wildman–Crippen LogP) is 2.72. The van der Waals surface area contributed by atoms with Gasteiger partial charge in [-0.15, -0.1) is 12.4 Å². The summed E-state index contributed by atoms with van der Waals surface area (Å²) < 4.78 is 28.6. The summed E-state index contributed by atoms with van der Waals surface area (Å²) in [5.41, 5.74) is 6.51. The van der Waals surface area contributed by atoms with Crippen molar-refractivity contribution >= 4 is 45.7 Å². The molecule has 0 aliphatic carbocycles. The number of carbonyl (C=O) groups excluding carboxylic acids is 3. The number of carbonyl (C=O) groups is 3. The minimum atomic E-state index is -4.06. The van der Waals surface area contributed by atoms with E-state index in [0.717, 1.165) is 13.1 Å². The Bertz CT molecular complexity index is 1390. The number of hydrogen-bond acceptors (Lipinski definition) is 6. The fourth-order valence-electron chi connectivity index (χ4n) is 4.33. The molecule has 200 valence electrons. The molecule has 0 spiro atoms. The van der Waals surface area contributed by atoms with Crippen molar-refractivity contribution < 1.29 is 22.8 Å². The Kier molecular flexibility index (Phi) is 9.62. The van der Waals surface area contributed by atoms with E-state index in [4.69, 9.17) is 5.73 Å². The van der Waals surface area contributed by atoms with Crippen molar-refractivity contribution in [3.8, 4) is 0 Å².